The number of carbonyl (C=O) groups is 2. The second-order valence-corrected chi connectivity index (χ2v) is 7.75. The van der Waals surface area contributed by atoms with E-state index in [2.05, 4.69) is 0 Å². The molecule has 28 heavy (non-hydrogen) atoms. The summed E-state index contributed by atoms with van der Waals surface area (Å²) in [7, 11) is 0. The van der Waals surface area contributed by atoms with Gasteiger partial charge in [-0.2, -0.15) is 0 Å². The summed E-state index contributed by atoms with van der Waals surface area (Å²) in [6.45, 7) is 3.99. The van der Waals surface area contributed by atoms with Crippen LogP contribution in [0.3, 0.4) is 0 Å². The molecule has 2 aromatic carbocycles. The van der Waals surface area contributed by atoms with Crippen molar-refractivity contribution in [3.63, 3.8) is 0 Å². The molecule has 0 radical (unpaired) electrons. The fourth-order valence-corrected chi connectivity index (χ4v) is 3.79. The van der Waals surface area contributed by atoms with Crippen molar-refractivity contribution in [2.24, 2.45) is 0 Å². The molecule has 0 spiro atoms. The fourth-order valence-electron chi connectivity index (χ4n) is 3.37. The van der Waals surface area contributed by atoms with Crippen LogP contribution in [0.2, 0.25) is 10.0 Å². The zero-order valence-corrected chi connectivity index (χ0v) is 17.2. The summed E-state index contributed by atoms with van der Waals surface area (Å²) in [4.78, 5) is 26.0. The molecule has 7 heteroatoms. The summed E-state index contributed by atoms with van der Waals surface area (Å²) >= 11 is 12.4. The molecule has 1 unspecified atom stereocenters. The van der Waals surface area contributed by atoms with E-state index in [0.29, 0.717) is 24.3 Å². The van der Waals surface area contributed by atoms with Crippen LogP contribution < -0.4 is 9.64 Å². The van der Waals surface area contributed by atoms with Crippen LogP contribution >= 0.6 is 23.2 Å². The van der Waals surface area contributed by atoms with Gasteiger partial charge in [-0.05, 0) is 38.5 Å². The number of aliphatic hydroxyl groups is 1. The quantitative estimate of drug-likeness (QED) is 0.677. The standard InChI is InChI=1S/C21H21Cl2NO4/c1-13-4-6-15(7-5-13)28-11-3-10-24-19-16(8-9-17(22)18(19)23)21(27,20(24)26)12-14(2)25/h4-9,27H,3,10-12H2,1-2H3. The lowest BCUT2D eigenvalue weighted by Gasteiger charge is -2.22. The highest BCUT2D eigenvalue weighted by Crippen LogP contribution is 2.48. The van der Waals surface area contributed by atoms with E-state index in [9.17, 15) is 14.7 Å². The molecule has 1 atom stereocenters. The Morgan fingerprint density at radius 3 is 2.50 bits per heavy atom. The number of amides is 1. The van der Waals surface area contributed by atoms with Gasteiger partial charge in [0.05, 0.1) is 22.3 Å². The lowest BCUT2D eigenvalue weighted by molar-refractivity contribution is -0.141. The molecular weight excluding hydrogens is 401 g/mol. The van der Waals surface area contributed by atoms with E-state index in [1.165, 1.54) is 17.9 Å². The molecule has 1 aliphatic rings. The number of ether oxygens (including phenoxy) is 1. The summed E-state index contributed by atoms with van der Waals surface area (Å²) < 4.78 is 5.70. The molecule has 0 fully saturated rings. The van der Waals surface area contributed by atoms with Gasteiger partial charge in [0.25, 0.3) is 5.91 Å². The summed E-state index contributed by atoms with van der Waals surface area (Å²) in [5, 5.41) is 11.4. The Bertz CT molecular complexity index is 913. The van der Waals surface area contributed by atoms with Crippen molar-refractivity contribution >= 4 is 40.6 Å². The number of benzene rings is 2. The van der Waals surface area contributed by atoms with Gasteiger partial charge in [0.1, 0.15) is 11.5 Å². The van der Waals surface area contributed by atoms with Crippen molar-refractivity contribution in [1.29, 1.82) is 0 Å². The average Bonchev–Trinajstić information content (AvgIpc) is 2.84. The minimum Gasteiger partial charge on any atom is -0.494 e. The van der Waals surface area contributed by atoms with Gasteiger partial charge in [0, 0.05) is 18.5 Å². The van der Waals surface area contributed by atoms with Crippen molar-refractivity contribution < 1.29 is 19.4 Å². The number of halogens is 2. The largest absolute Gasteiger partial charge is 0.494 e. The number of nitrogens with zero attached hydrogens (tertiary/aromatic N) is 1. The highest BCUT2D eigenvalue weighted by atomic mass is 35.5. The Kier molecular flexibility index (Phi) is 5.98. The molecule has 0 aliphatic carbocycles. The monoisotopic (exact) mass is 421 g/mol. The molecule has 0 bridgehead atoms. The molecule has 0 saturated carbocycles. The number of anilines is 1. The summed E-state index contributed by atoms with van der Waals surface area (Å²) in [6.07, 6.45) is 0.200. The van der Waals surface area contributed by atoms with Crippen LogP contribution in [0.25, 0.3) is 0 Å². The third-order valence-corrected chi connectivity index (χ3v) is 5.50. The number of Topliss-reactive ketones (excluding diaryl/α,β-unsaturated/α-hetero) is 1. The predicted molar refractivity (Wildman–Crippen MR) is 109 cm³/mol. The normalized spacial score (nSPS) is 18.3. The first-order valence-corrected chi connectivity index (χ1v) is 9.71. The number of hydrogen-bond acceptors (Lipinski definition) is 4. The van der Waals surface area contributed by atoms with Gasteiger partial charge in [-0.25, -0.2) is 0 Å². The predicted octanol–water partition coefficient (Wildman–Crippen LogP) is 4.28. The Morgan fingerprint density at radius 1 is 1.18 bits per heavy atom. The van der Waals surface area contributed by atoms with E-state index in [1.807, 2.05) is 31.2 Å². The van der Waals surface area contributed by atoms with Crippen LogP contribution in [0.5, 0.6) is 5.75 Å². The minimum absolute atomic E-state index is 0.187. The van der Waals surface area contributed by atoms with Crippen molar-refractivity contribution in [1.82, 2.24) is 0 Å². The Labute approximate surface area is 173 Å². The van der Waals surface area contributed by atoms with Gasteiger partial charge in [0.2, 0.25) is 0 Å². The maximum Gasteiger partial charge on any atom is 0.264 e. The van der Waals surface area contributed by atoms with Crippen LogP contribution in [-0.4, -0.2) is 29.9 Å². The van der Waals surface area contributed by atoms with Gasteiger partial charge >= 0.3 is 0 Å². The van der Waals surface area contributed by atoms with Gasteiger partial charge in [-0.15, -0.1) is 0 Å². The SMILES string of the molecule is CC(=O)CC1(O)C(=O)N(CCCOc2ccc(C)cc2)c2c1ccc(Cl)c2Cl. The van der Waals surface area contributed by atoms with Crippen LogP contribution in [0, 0.1) is 6.92 Å². The average molecular weight is 422 g/mol. The van der Waals surface area contributed by atoms with Crippen LogP contribution in [0.15, 0.2) is 36.4 Å². The van der Waals surface area contributed by atoms with Crippen LogP contribution in [0.1, 0.15) is 30.9 Å². The minimum atomic E-state index is -1.92. The molecule has 0 aromatic heterocycles. The smallest absolute Gasteiger partial charge is 0.264 e. The number of ketones is 1. The third-order valence-electron chi connectivity index (χ3n) is 4.70. The van der Waals surface area contributed by atoms with E-state index >= 15 is 0 Å². The number of carbonyl (C=O) groups excluding carboxylic acids is 2. The zero-order chi connectivity index (χ0) is 20.5. The highest BCUT2D eigenvalue weighted by Gasteiger charge is 2.51. The van der Waals surface area contributed by atoms with Crippen molar-refractivity contribution in [2.75, 3.05) is 18.1 Å². The lowest BCUT2D eigenvalue weighted by Crippen LogP contribution is -2.42. The topological polar surface area (TPSA) is 66.8 Å². The molecule has 1 N–H and O–H groups in total. The van der Waals surface area contributed by atoms with Crippen LogP contribution in [0.4, 0.5) is 5.69 Å². The molecule has 1 heterocycles. The Balaban J connectivity index is 1.77. The second-order valence-electron chi connectivity index (χ2n) is 6.97. The Morgan fingerprint density at radius 2 is 1.86 bits per heavy atom. The van der Waals surface area contributed by atoms with Gasteiger partial charge in [-0.3, -0.25) is 9.59 Å². The molecule has 3 rings (SSSR count). The summed E-state index contributed by atoms with van der Waals surface area (Å²) in [5.41, 5.74) is -0.115. The maximum absolute atomic E-state index is 13.0. The molecule has 1 aliphatic heterocycles. The van der Waals surface area contributed by atoms with Gasteiger partial charge in [-0.1, -0.05) is 47.0 Å². The number of hydrogen-bond donors (Lipinski definition) is 1. The molecule has 148 valence electrons. The zero-order valence-electron chi connectivity index (χ0n) is 15.7. The molecular formula is C21H21Cl2NO4. The summed E-state index contributed by atoms with van der Waals surface area (Å²) in [6, 6.07) is 10.7. The van der Waals surface area contributed by atoms with E-state index in [4.69, 9.17) is 27.9 Å². The lowest BCUT2D eigenvalue weighted by atomic mass is 9.90. The van der Waals surface area contributed by atoms with Gasteiger partial charge in [0.15, 0.2) is 5.60 Å². The molecule has 2 aromatic rings. The van der Waals surface area contributed by atoms with Gasteiger partial charge < -0.3 is 14.7 Å². The van der Waals surface area contributed by atoms with Crippen molar-refractivity contribution in [2.45, 2.75) is 32.3 Å². The number of aryl methyl sites for hydroxylation is 1. The summed E-state index contributed by atoms with van der Waals surface area (Å²) in [5.74, 6) is -0.123. The van der Waals surface area contributed by atoms with Crippen LogP contribution in [-0.2, 0) is 15.2 Å². The fraction of sp³-hybridized carbons (Fsp3) is 0.333. The molecule has 0 saturated heterocycles. The van der Waals surface area contributed by atoms with Crippen molar-refractivity contribution in [3.8, 4) is 5.75 Å². The third kappa shape index (κ3) is 3.88. The van der Waals surface area contributed by atoms with E-state index in [-0.39, 0.29) is 28.8 Å². The first-order valence-electron chi connectivity index (χ1n) is 8.96. The molecule has 1 amide bonds. The highest BCUT2D eigenvalue weighted by molar-refractivity contribution is 6.44. The van der Waals surface area contributed by atoms with E-state index < -0.39 is 11.5 Å². The number of rotatable bonds is 7. The van der Waals surface area contributed by atoms with E-state index in [0.717, 1.165) is 11.3 Å². The Hall–Kier alpha value is -2.08. The van der Waals surface area contributed by atoms with Crippen molar-refractivity contribution in [3.05, 3.63) is 57.6 Å². The first kappa shape index (κ1) is 20.6. The first-order chi connectivity index (χ1) is 13.2. The number of fused-ring (bicyclic) bond motifs is 1. The maximum atomic E-state index is 13.0. The molecule has 5 nitrogen and oxygen atoms in total. The van der Waals surface area contributed by atoms with E-state index in [1.54, 1.807) is 6.07 Å². The second kappa shape index (κ2) is 8.11.